The highest BCUT2D eigenvalue weighted by Crippen LogP contribution is 2.24. The van der Waals surface area contributed by atoms with Gasteiger partial charge in [-0.25, -0.2) is 0 Å². The molecule has 0 aliphatic heterocycles. The van der Waals surface area contributed by atoms with Crippen LogP contribution in [0.1, 0.15) is 42.4 Å². The zero-order valence-electron chi connectivity index (χ0n) is 11.9. The average Bonchev–Trinajstić information content (AvgIpc) is 2.38. The van der Waals surface area contributed by atoms with E-state index in [4.69, 9.17) is 5.73 Å². The molecule has 1 fully saturated rings. The van der Waals surface area contributed by atoms with Gasteiger partial charge in [-0.1, -0.05) is 23.8 Å². The third kappa shape index (κ3) is 3.80. The van der Waals surface area contributed by atoms with Crippen molar-refractivity contribution in [2.75, 3.05) is 0 Å². The molecule has 1 aromatic rings. The van der Waals surface area contributed by atoms with E-state index in [1.165, 1.54) is 16.7 Å². The number of aryl methyl sites for hydroxylation is 2. The van der Waals surface area contributed by atoms with Gasteiger partial charge in [-0.15, -0.1) is 0 Å². The van der Waals surface area contributed by atoms with Crippen LogP contribution in [0.15, 0.2) is 18.2 Å². The molecule has 1 saturated carbocycles. The maximum Gasteiger partial charge on any atom is 0.220 e. The summed E-state index contributed by atoms with van der Waals surface area (Å²) in [5, 5.41) is 3.61. The fourth-order valence-corrected chi connectivity index (χ4v) is 2.88. The number of nitrogens with two attached hydrogens (primary N) is 1. The molecule has 1 aliphatic rings. The minimum absolute atomic E-state index is 0.0964. The number of carbonyl (C=O) groups excluding carboxylic acids is 1. The van der Waals surface area contributed by atoms with Gasteiger partial charge >= 0.3 is 0 Å². The predicted octanol–water partition coefficient (Wildman–Crippen LogP) is 2.44. The SMILES string of the molecule is Cc1ccc(CNC2CCC(C(N)=O)CC2)c(C)c1. The summed E-state index contributed by atoms with van der Waals surface area (Å²) in [4.78, 5) is 11.1. The van der Waals surface area contributed by atoms with E-state index >= 15 is 0 Å². The van der Waals surface area contributed by atoms with Gasteiger partial charge < -0.3 is 11.1 Å². The van der Waals surface area contributed by atoms with E-state index in [9.17, 15) is 4.79 Å². The first-order valence-corrected chi connectivity index (χ1v) is 7.15. The van der Waals surface area contributed by atoms with Gasteiger partial charge in [0.15, 0.2) is 0 Å². The van der Waals surface area contributed by atoms with Crippen LogP contribution in [0.4, 0.5) is 0 Å². The topological polar surface area (TPSA) is 55.1 Å². The van der Waals surface area contributed by atoms with Crippen LogP contribution >= 0.6 is 0 Å². The highest BCUT2D eigenvalue weighted by atomic mass is 16.1. The standard InChI is InChI=1S/C16H24N2O/c1-11-3-4-14(12(2)9-11)10-18-15-7-5-13(6-8-15)16(17)19/h3-4,9,13,15,18H,5-8,10H2,1-2H3,(H2,17,19). The lowest BCUT2D eigenvalue weighted by atomic mass is 9.85. The van der Waals surface area contributed by atoms with Gasteiger partial charge in [-0.3, -0.25) is 4.79 Å². The van der Waals surface area contributed by atoms with Crippen LogP contribution in [-0.2, 0) is 11.3 Å². The molecule has 104 valence electrons. The fourth-order valence-electron chi connectivity index (χ4n) is 2.88. The van der Waals surface area contributed by atoms with Crippen LogP contribution in [0.5, 0.6) is 0 Å². The summed E-state index contributed by atoms with van der Waals surface area (Å²) in [6.45, 7) is 5.20. The molecule has 0 radical (unpaired) electrons. The molecule has 1 amide bonds. The van der Waals surface area contributed by atoms with Crippen molar-refractivity contribution in [3.05, 3.63) is 34.9 Å². The van der Waals surface area contributed by atoms with E-state index in [0.717, 1.165) is 32.2 Å². The van der Waals surface area contributed by atoms with E-state index in [0.29, 0.717) is 6.04 Å². The van der Waals surface area contributed by atoms with Gasteiger partial charge in [0, 0.05) is 18.5 Å². The molecule has 0 saturated heterocycles. The quantitative estimate of drug-likeness (QED) is 0.873. The van der Waals surface area contributed by atoms with Gasteiger partial charge in [0.2, 0.25) is 5.91 Å². The number of hydrogen-bond donors (Lipinski definition) is 2. The molecule has 3 N–H and O–H groups in total. The lowest BCUT2D eigenvalue weighted by molar-refractivity contribution is -0.122. The predicted molar refractivity (Wildman–Crippen MR) is 77.7 cm³/mol. The van der Waals surface area contributed by atoms with Crippen LogP contribution in [0.25, 0.3) is 0 Å². The van der Waals surface area contributed by atoms with Crippen LogP contribution in [0.3, 0.4) is 0 Å². The minimum atomic E-state index is -0.132. The van der Waals surface area contributed by atoms with E-state index < -0.39 is 0 Å². The third-order valence-corrected chi connectivity index (χ3v) is 4.21. The number of rotatable bonds is 4. The zero-order chi connectivity index (χ0) is 13.8. The van der Waals surface area contributed by atoms with Crippen molar-refractivity contribution in [1.29, 1.82) is 0 Å². The number of nitrogens with one attached hydrogen (secondary N) is 1. The maximum absolute atomic E-state index is 11.1. The Morgan fingerprint density at radius 1 is 1.26 bits per heavy atom. The molecule has 2 rings (SSSR count). The normalized spacial score (nSPS) is 23.3. The van der Waals surface area contributed by atoms with E-state index in [1.54, 1.807) is 0 Å². The number of amides is 1. The fraction of sp³-hybridized carbons (Fsp3) is 0.562. The van der Waals surface area contributed by atoms with Crippen LogP contribution in [-0.4, -0.2) is 11.9 Å². The largest absolute Gasteiger partial charge is 0.369 e. The summed E-state index contributed by atoms with van der Waals surface area (Å²) in [6.07, 6.45) is 3.97. The highest BCUT2D eigenvalue weighted by Gasteiger charge is 2.24. The summed E-state index contributed by atoms with van der Waals surface area (Å²) in [7, 11) is 0. The van der Waals surface area contributed by atoms with Gasteiger partial charge in [0.1, 0.15) is 0 Å². The van der Waals surface area contributed by atoms with E-state index in [2.05, 4.69) is 37.4 Å². The molecule has 0 unspecified atom stereocenters. The summed E-state index contributed by atoms with van der Waals surface area (Å²) in [6, 6.07) is 7.11. The second-order valence-corrected chi connectivity index (χ2v) is 5.76. The lowest BCUT2D eigenvalue weighted by Crippen LogP contribution is -2.36. The molecule has 3 nitrogen and oxygen atoms in total. The van der Waals surface area contributed by atoms with Crippen molar-refractivity contribution in [2.45, 2.75) is 52.1 Å². The Hall–Kier alpha value is -1.35. The average molecular weight is 260 g/mol. The Morgan fingerprint density at radius 3 is 2.53 bits per heavy atom. The van der Waals surface area contributed by atoms with Gasteiger partial charge in [-0.05, 0) is 50.7 Å². The minimum Gasteiger partial charge on any atom is -0.369 e. The Morgan fingerprint density at radius 2 is 1.95 bits per heavy atom. The Labute approximate surface area is 115 Å². The summed E-state index contributed by atoms with van der Waals surface area (Å²) in [5.74, 6) is -0.0352. The first-order chi connectivity index (χ1) is 9.06. The van der Waals surface area contributed by atoms with Crippen molar-refractivity contribution in [1.82, 2.24) is 5.32 Å². The molecule has 0 atom stereocenters. The molecular weight excluding hydrogens is 236 g/mol. The Kier molecular flexibility index (Phi) is 4.59. The monoisotopic (exact) mass is 260 g/mol. The number of primary amides is 1. The maximum atomic E-state index is 11.1. The van der Waals surface area contributed by atoms with E-state index in [1.807, 2.05) is 0 Å². The number of hydrogen-bond acceptors (Lipinski definition) is 2. The van der Waals surface area contributed by atoms with Crippen LogP contribution in [0, 0.1) is 19.8 Å². The van der Waals surface area contributed by atoms with Crippen molar-refractivity contribution >= 4 is 5.91 Å². The van der Waals surface area contributed by atoms with Gasteiger partial charge in [0.25, 0.3) is 0 Å². The Bertz CT molecular complexity index is 448. The summed E-state index contributed by atoms with van der Waals surface area (Å²) < 4.78 is 0. The smallest absolute Gasteiger partial charge is 0.220 e. The van der Waals surface area contributed by atoms with Crippen LogP contribution < -0.4 is 11.1 Å². The Balaban J connectivity index is 1.82. The molecule has 0 spiro atoms. The number of carbonyl (C=O) groups is 1. The summed E-state index contributed by atoms with van der Waals surface area (Å²) in [5.41, 5.74) is 9.37. The molecule has 3 heteroatoms. The molecular formula is C16H24N2O. The van der Waals surface area contributed by atoms with E-state index in [-0.39, 0.29) is 11.8 Å². The molecule has 0 bridgehead atoms. The molecule has 1 aliphatic carbocycles. The third-order valence-electron chi connectivity index (χ3n) is 4.21. The van der Waals surface area contributed by atoms with Crippen LogP contribution in [0.2, 0.25) is 0 Å². The first-order valence-electron chi connectivity index (χ1n) is 7.15. The number of benzene rings is 1. The second kappa shape index (κ2) is 6.20. The molecule has 0 heterocycles. The molecule has 0 aromatic heterocycles. The summed E-state index contributed by atoms with van der Waals surface area (Å²) >= 11 is 0. The van der Waals surface area contributed by atoms with Gasteiger partial charge in [0.05, 0.1) is 0 Å². The highest BCUT2D eigenvalue weighted by molar-refractivity contribution is 5.76. The van der Waals surface area contributed by atoms with Crippen molar-refractivity contribution in [3.8, 4) is 0 Å². The van der Waals surface area contributed by atoms with Crippen molar-refractivity contribution in [2.24, 2.45) is 11.7 Å². The van der Waals surface area contributed by atoms with Crippen molar-refractivity contribution < 1.29 is 4.79 Å². The van der Waals surface area contributed by atoms with Crippen molar-refractivity contribution in [3.63, 3.8) is 0 Å². The van der Waals surface area contributed by atoms with Gasteiger partial charge in [-0.2, -0.15) is 0 Å². The molecule has 19 heavy (non-hydrogen) atoms. The second-order valence-electron chi connectivity index (χ2n) is 5.76. The zero-order valence-corrected chi connectivity index (χ0v) is 11.9. The molecule has 1 aromatic carbocycles. The lowest BCUT2D eigenvalue weighted by Gasteiger charge is -2.27. The first kappa shape index (κ1) is 14.1.